The molecule has 0 aliphatic carbocycles. The highest BCUT2D eigenvalue weighted by Crippen LogP contribution is 2.43. The largest absolute Gasteiger partial charge is 0.472 e. The Kier molecular flexibility index (Phi) is 53.7. The maximum atomic E-state index is 12.8. The molecule has 0 spiro atoms. The van der Waals surface area contributed by atoms with Gasteiger partial charge in [-0.3, -0.25) is 18.6 Å². The lowest BCUT2D eigenvalue weighted by atomic mass is 10.0. The van der Waals surface area contributed by atoms with E-state index in [2.05, 4.69) is 50.3 Å². The number of hydrogen-bond acceptors (Lipinski definition) is 7. The second-order valence-corrected chi connectivity index (χ2v) is 23.9. The van der Waals surface area contributed by atoms with Crippen LogP contribution in [0.5, 0.6) is 0 Å². The van der Waals surface area contributed by atoms with Crippen molar-refractivity contribution in [1.82, 2.24) is 0 Å². The number of phosphoric ester groups is 1. The quantitative estimate of drug-likeness (QED) is 0.0211. The summed E-state index contributed by atoms with van der Waals surface area (Å²) in [7, 11) is 1.47. The molecule has 1 N–H and O–H groups in total. The van der Waals surface area contributed by atoms with Gasteiger partial charge in [0.2, 0.25) is 0 Å². The van der Waals surface area contributed by atoms with E-state index in [1.165, 1.54) is 199 Å². The van der Waals surface area contributed by atoms with Crippen LogP contribution >= 0.6 is 7.82 Å². The molecular weight excluding hydrogens is 930 g/mol. The van der Waals surface area contributed by atoms with Gasteiger partial charge in [0, 0.05) is 12.8 Å². The van der Waals surface area contributed by atoms with Crippen LogP contribution < -0.4 is 0 Å². The molecule has 0 aromatic heterocycles. The molecule has 0 aliphatic heterocycles. The lowest BCUT2D eigenvalue weighted by Crippen LogP contribution is -2.37. The van der Waals surface area contributed by atoms with Gasteiger partial charge in [-0.25, -0.2) is 4.57 Å². The zero-order chi connectivity index (χ0) is 53.5. The average Bonchev–Trinajstić information content (AvgIpc) is 3.35. The lowest BCUT2D eigenvalue weighted by molar-refractivity contribution is -0.870. The van der Waals surface area contributed by atoms with Gasteiger partial charge in [-0.15, -0.1) is 0 Å². The van der Waals surface area contributed by atoms with E-state index in [1.54, 1.807) is 0 Å². The Bertz CT molecular complexity index is 1330. The summed E-state index contributed by atoms with van der Waals surface area (Å²) < 4.78 is 34.5. The van der Waals surface area contributed by atoms with Gasteiger partial charge in [0.1, 0.15) is 19.8 Å². The maximum Gasteiger partial charge on any atom is 0.472 e. The zero-order valence-electron chi connectivity index (χ0n) is 48.9. The molecule has 0 saturated heterocycles. The first-order chi connectivity index (χ1) is 35.5. The van der Waals surface area contributed by atoms with Gasteiger partial charge >= 0.3 is 19.8 Å². The van der Waals surface area contributed by atoms with Crippen molar-refractivity contribution in [3.8, 4) is 0 Å². The Labute approximate surface area is 452 Å². The molecule has 430 valence electrons. The summed E-state index contributed by atoms with van der Waals surface area (Å²) in [6.07, 6.45) is 68.3. The highest BCUT2D eigenvalue weighted by atomic mass is 31.2. The number of rotatable bonds is 58. The number of unbranched alkanes of at least 4 members (excludes halogenated alkanes) is 38. The van der Waals surface area contributed by atoms with Gasteiger partial charge in [0.15, 0.2) is 6.10 Å². The summed E-state index contributed by atoms with van der Waals surface area (Å²) in [5.41, 5.74) is 0. The van der Waals surface area contributed by atoms with Crippen molar-refractivity contribution in [2.45, 2.75) is 309 Å². The fraction of sp³-hybridized carbons (Fsp3) is 0.873. The molecule has 2 atom stereocenters. The Morgan fingerprint density at radius 2 is 0.781 bits per heavy atom. The first kappa shape index (κ1) is 71.2. The molecule has 0 rings (SSSR count). The summed E-state index contributed by atoms with van der Waals surface area (Å²) in [4.78, 5) is 35.6. The van der Waals surface area contributed by atoms with E-state index in [9.17, 15) is 19.0 Å². The summed E-state index contributed by atoms with van der Waals surface area (Å²) in [6, 6.07) is 0. The van der Waals surface area contributed by atoms with Gasteiger partial charge < -0.3 is 18.9 Å². The van der Waals surface area contributed by atoms with E-state index in [0.29, 0.717) is 17.4 Å². The Hall–Kier alpha value is -1.77. The van der Waals surface area contributed by atoms with E-state index < -0.39 is 26.5 Å². The van der Waals surface area contributed by atoms with Crippen molar-refractivity contribution < 1.29 is 42.1 Å². The van der Waals surface area contributed by atoms with Crippen LogP contribution in [-0.2, 0) is 32.7 Å². The van der Waals surface area contributed by atoms with Crippen molar-refractivity contribution >= 4 is 19.8 Å². The first-order valence-electron chi connectivity index (χ1n) is 31.2. The Morgan fingerprint density at radius 1 is 0.438 bits per heavy atom. The van der Waals surface area contributed by atoms with Gasteiger partial charge in [-0.2, -0.15) is 0 Å². The number of hydrogen-bond donors (Lipinski definition) is 1. The second-order valence-electron chi connectivity index (χ2n) is 22.4. The SMILES string of the molecule is CC/C=C\C/C=C\C/C=C\CCCCCCCC(=O)OC(COC(=O)CCCCCCCCCCCCCCCCCCCCCCCCCCCCCCCCCCCC)COP(=O)(O)OCC[N+](C)(C)C. The highest BCUT2D eigenvalue weighted by molar-refractivity contribution is 7.47. The number of esters is 2. The standard InChI is InChI=1S/C63H120NO8P/c1-6-8-10-12-14-16-18-20-22-23-24-25-26-27-28-29-30-31-32-33-34-35-36-37-38-39-40-42-43-45-47-49-51-53-55-62(65)69-59-61(60-71-73(67,68)70-58-57-64(3,4)5)72-63(66)56-54-52-50-48-46-44-41-21-19-17-15-13-11-9-7-2/h9,11,15,17,21,41,61H,6-8,10,12-14,16,18-20,22-40,42-60H2,1-5H3/p+1/b11-9-,17-15-,41-21-. The van der Waals surface area contributed by atoms with E-state index in [4.69, 9.17) is 18.5 Å². The second kappa shape index (κ2) is 55.0. The van der Waals surface area contributed by atoms with Crippen LogP contribution in [0.2, 0.25) is 0 Å². The maximum absolute atomic E-state index is 12.8. The summed E-state index contributed by atoms with van der Waals surface area (Å²) in [6.45, 7) is 4.34. The number of phosphoric acid groups is 1. The van der Waals surface area contributed by atoms with Gasteiger partial charge in [0.25, 0.3) is 0 Å². The van der Waals surface area contributed by atoms with Crippen LogP contribution in [0.25, 0.3) is 0 Å². The topological polar surface area (TPSA) is 108 Å². The van der Waals surface area contributed by atoms with Gasteiger partial charge in [0.05, 0.1) is 27.7 Å². The molecule has 0 heterocycles. The zero-order valence-corrected chi connectivity index (χ0v) is 49.8. The number of carbonyl (C=O) groups excluding carboxylic acids is 2. The molecule has 0 radical (unpaired) electrons. The molecule has 73 heavy (non-hydrogen) atoms. The predicted octanol–water partition coefficient (Wildman–Crippen LogP) is 19.5. The fourth-order valence-electron chi connectivity index (χ4n) is 9.15. The minimum atomic E-state index is -4.39. The molecule has 0 bridgehead atoms. The molecule has 9 nitrogen and oxygen atoms in total. The third-order valence-electron chi connectivity index (χ3n) is 13.9. The molecule has 0 saturated carbocycles. The van der Waals surface area contributed by atoms with Crippen LogP contribution in [0.1, 0.15) is 303 Å². The van der Waals surface area contributed by atoms with Gasteiger partial charge in [-0.05, 0) is 44.9 Å². The van der Waals surface area contributed by atoms with Crippen LogP contribution in [0.3, 0.4) is 0 Å². The molecule has 2 unspecified atom stereocenters. The van der Waals surface area contributed by atoms with Crippen LogP contribution in [0, 0.1) is 0 Å². The number of nitrogens with zero attached hydrogens (tertiary/aromatic N) is 1. The third-order valence-corrected chi connectivity index (χ3v) is 14.9. The normalized spacial score (nSPS) is 13.5. The molecule has 0 amide bonds. The number of carbonyl (C=O) groups is 2. The number of likely N-dealkylation sites (N-methyl/N-ethyl adjacent to an activating group) is 1. The minimum absolute atomic E-state index is 0.0291. The van der Waals surface area contributed by atoms with Crippen LogP contribution in [-0.4, -0.2) is 74.9 Å². The van der Waals surface area contributed by atoms with Crippen molar-refractivity contribution in [1.29, 1.82) is 0 Å². The fourth-order valence-corrected chi connectivity index (χ4v) is 9.89. The number of quaternary nitrogens is 1. The molecular formula is C63H121NO8P+. The lowest BCUT2D eigenvalue weighted by Gasteiger charge is -2.24. The Morgan fingerprint density at radius 3 is 1.16 bits per heavy atom. The summed E-state index contributed by atoms with van der Waals surface area (Å²) in [5, 5.41) is 0. The smallest absolute Gasteiger partial charge is 0.462 e. The van der Waals surface area contributed by atoms with E-state index >= 15 is 0 Å². The third kappa shape index (κ3) is 59.3. The van der Waals surface area contributed by atoms with Crippen molar-refractivity contribution in [2.75, 3.05) is 47.5 Å². The molecule has 0 fully saturated rings. The molecule has 0 aromatic carbocycles. The van der Waals surface area contributed by atoms with Crippen molar-refractivity contribution in [2.24, 2.45) is 0 Å². The summed E-state index contributed by atoms with van der Waals surface area (Å²) in [5.74, 6) is -0.805. The van der Waals surface area contributed by atoms with E-state index in [0.717, 1.165) is 70.6 Å². The average molecular weight is 1050 g/mol. The minimum Gasteiger partial charge on any atom is -0.462 e. The summed E-state index contributed by atoms with van der Waals surface area (Å²) >= 11 is 0. The predicted molar refractivity (Wildman–Crippen MR) is 312 cm³/mol. The van der Waals surface area contributed by atoms with Gasteiger partial charge in [-0.1, -0.05) is 281 Å². The molecule has 0 aliphatic rings. The Balaban J connectivity index is 3.93. The molecule has 10 heteroatoms. The van der Waals surface area contributed by atoms with Crippen molar-refractivity contribution in [3.63, 3.8) is 0 Å². The van der Waals surface area contributed by atoms with Crippen LogP contribution in [0.15, 0.2) is 36.5 Å². The molecule has 0 aromatic rings. The number of allylic oxidation sites excluding steroid dienone is 6. The monoisotopic (exact) mass is 1050 g/mol. The van der Waals surface area contributed by atoms with E-state index in [1.807, 2.05) is 21.1 Å². The number of ether oxygens (including phenoxy) is 2. The van der Waals surface area contributed by atoms with E-state index in [-0.39, 0.29) is 32.0 Å². The van der Waals surface area contributed by atoms with Crippen molar-refractivity contribution in [3.05, 3.63) is 36.5 Å². The highest BCUT2D eigenvalue weighted by Gasteiger charge is 2.27. The van der Waals surface area contributed by atoms with Crippen LogP contribution in [0.4, 0.5) is 0 Å². The first-order valence-corrected chi connectivity index (χ1v) is 32.7.